The lowest BCUT2D eigenvalue weighted by Crippen LogP contribution is -2.35. The second kappa shape index (κ2) is 9.01. The second-order valence-corrected chi connectivity index (χ2v) is 6.31. The summed E-state index contributed by atoms with van der Waals surface area (Å²) in [5.41, 5.74) is 8.44. The number of rotatable bonds is 7. The van der Waals surface area contributed by atoms with E-state index in [1.165, 1.54) is 0 Å². The summed E-state index contributed by atoms with van der Waals surface area (Å²) in [4.78, 5) is 12.5. The molecule has 138 valence electrons. The quantitative estimate of drug-likeness (QED) is 0.507. The summed E-state index contributed by atoms with van der Waals surface area (Å²) in [5, 5.41) is 0. The highest BCUT2D eigenvalue weighted by Crippen LogP contribution is 2.29. The van der Waals surface area contributed by atoms with Crippen LogP contribution in [0.2, 0.25) is 0 Å². The van der Waals surface area contributed by atoms with Crippen molar-refractivity contribution >= 4 is 5.97 Å². The van der Waals surface area contributed by atoms with Gasteiger partial charge in [-0.2, -0.15) is 0 Å². The van der Waals surface area contributed by atoms with E-state index in [1.54, 1.807) is 31.4 Å². The number of nitrogens with two attached hydrogens (primary N) is 1. The molecule has 0 heterocycles. The van der Waals surface area contributed by atoms with Crippen LogP contribution in [0.1, 0.15) is 23.5 Å². The molecule has 1 atom stereocenters. The van der Waals surface area contributed by atoms with Gasteiger partial charge in [-0.15, -0.1) is 0 Å². The van der Waals surface area contributed by atoms with Gasteiger partial charge in [0.05, 0.1) is 7.11 Å². The molecule has 0 radical (unpaired) electrons. The van der Waals surface area contributed by atoms with E-state index in [-0.39, 0.29) is 5.92 Å². The summed E-state index contributed by atoms with van der Waals surface area (Å²) in [5.74, 6) is 0.724. The molecule has 0 aliphatic heterocycles. The molecule has 27 heavy (non-hydrogen) atoms. The van der Waals surface area contributed by atoms with Gasteiger partial charge in [0.2, 0.25) is 0 Å². The van der Waals surface area contributed by atoms with Crippen LogP contribution in [0.15, 0.2) is 84.9 Å². The number of esters is 1. The van der Waals surface area contributed by atoms with E-state index in [0.717, 1.165) is 11.1 Å². The molecule has 0 saturated carbocycles. The van der Waals surface area contributed by atoms with Gasteiger partial charge in [0.15, 0.2) is 0 Å². The molecule has 2 N–H and O–H groups in total. The highest BCUT2D eigenvalue weighted by molar-refractivity contribution is 5.78. The van der Waals surface area contributed by atoms with Crippen molar-refractivity contribution in [2.75, 3.05) is 7.11 Å². The van der Waals surface area contributed by atoms with Crippen LogP contribution in [0.4, 0.5) is 0 Å². The maximum atomic E-state index is 12.5. The highest BCUT2D eigenvalue weighted by atomic mass is 16.5. The molecular weight excluding hydrogens is 338 g/mol. The highest BCUT2D eigenvalue weighted by Gasteiger charge is 2.23. The maximum absolute atomic E-state index is 12.5. The summed E-state index contributed by atoms with van der Waals surface area (Å²) in [6.45, 7) is 0. The van der Waals surface area contributed by atoms with Crippen LogP contribution in [-0.4, -0.2) is 19.1 Å². The van der Waals surface area contributed by atoms with Gasteiger partial charge in [0, 0.05) is 5.92 Å². The molecule has 0 amide bonds. The van der Waals surface area contributed by atoms with E-state index in [4.69, 9.17) is 15.2 Å². The first-order valence-corrected chi connectivity index (χ1v) is 8.88. The minimum absolute atomic E-state index is 0.0193. The number of hydrogen-bond donors (Lipinski definition) is 1. The average molecular weight is 361 g/mol. The number of methoxy groups -OCH3 is 1. The Labute approximate surface area is 159 Å². The van der Waals surface area contributed by atoms with Crippen molar-refractivity contribution in [1.82, 2.24) is 0 Å². The first-order valence-electron chi connectivity index (χ1n) is 8.88. The van der Waals surface area contributed by atoms with Gasteiger partial charge in [-0.05, 0) is 41.8 Å². The van der Waals surface area contributed by atoms with Crippen LogP contribution in [0.25, 0.3) is 0 Å². The van der Waals surface area contributed by atoms with Crippen LogP contribution >= 0.6 is 0 Å². The van der Waals surface area contributed by atoms with Crippen LogP contribution in [0.3, 0.4) is 0 Å². The fourth-order valence-electron chi connectivity index (χ4n) is 3.02. The predicted molar refractivity (Wildman–Crippen MR) is 106 cm³/mol. The lowest BCUT2D eigenvalue weighted by molar-refractivity contribution is -0.136. The van der Waals surface area contributed by atoms with E-state index < -0.39 is 12.0 Å². The third-order valence-electron chi connectivity index (χ3n) is 4.47. The Morgan fingerprint density at radius 1 is 0.815 bits per heavy atom. The molecule has 0 fully saturated rings. The van der Waals surface area contributed by atoms with Crippen LogP contribution in [-0.2, 0) is 4.79 Å². The fraction of sp³-hybridized carbons (Fsp3) is 0.174. The molecule has 1 unspecified atom stereocenters. The topological polar surface area (TPSA) is 61.5 Å². The SMILES string of the molecule is COc1ccc(OC(=O)C(N)CC(c2ccccc2)c2ccccc2)cc1. The molecule has 0 aliphatic rings. The first kappa shape index (κ1) is 18.7. The van der Waals surface area contributed by atoms with Crippen molar-refractivity contribution in [2.45, 2.75) is 18.4 Å². The van der Waals surface area contributed by atoms with Crippen molar-refractivity contribution in [3.05, 3.63) is 96.1 Å². The Morgan fingerprint density at radius 2 is 1.30 bits per heavy atom. The largest absolute Gasteiger partial charge is 0.497 e. The molecule has 0 spiro atoms. The average Bonchev–Trinajstić information content (AvgIpc) is 2.73. The van der Waals surface area contributed by atoms with E-state index in [2.05, 4.69) is 24.3 Å². The fourth-order valence-corrected chi connectivity index (χ4v) is 3.02. The summed E-state index contributed by atoms with van der Waals surface area (Å²) in [7, 11) is 1.59. The molecule has 3 aromatic carbocycles. The van der Waals surface area contributed by atoms with E-state index in [1.807, 2.05) is 36.4 Å². The lowest BCUT2D eigenvalue weighted by atomic mass is 9.86. The van der Waals surface area contributed by atoms with E-state index in [0.29, 0.717) is 17.9 Å². The molecular formula is C23H23NO3. The number of ether oxygens (including phenoxy) is 2. The summed E-state index contributed by atoms with van der Waals surface area (Å²) in [6.07, 6.45) is 0.461. The molecule has 0 aliphatic carbocycles. The summed E-state index contributed by atoms with van der Waals surface area (Å²) < 4.78 is 10.5. The Morgan fingerprint density at radius 3 is 1.78 bits per heavy atom. The maximum Gasteiger partial charge on any atom is 0.328 e. The zero-order valence-electron chi connectivity index (χ0n) is 15.2. The zero-order chi connectivity index (χ0) is 19.1. The van der Waals surface area contributed by atoms with Crippen molar-refractivity contribution in [3.63, 3.8) is 0 Å². The Balaban J connectivity index is 1.73. The first-order chi connectivity index (χ1) is 13.2. The second-order valence-electron chi connectivity index (χ2n) is 6.31. The molecule has 0 bridgehead atoms. The zero-order valence-corrected chi connectivity index (χ0v) is 15.2. The predicted octanol–water partition coefficient (Wildman–Crippen LogP) is 4.15. The number of hydrogen-bond acceptors (Lipinski definition) is 4. The molecule has 4 nitrogen and oxygen atoms in total. The van der Waals surface area contributed by atoms with Crippen molar-refractivity contribution in [2.24, 2.45) is 5.73 Å². The molecule has 3 rings (SSSR count). The minimum Gasteiger partial charge on any atom is -0.497 e. The number of benzene rings is 3. The third-order valence-corrected chi connectivity index (χ3v) is 4.47. The van der Waals surface area contributed by atoms with Gasteiger partial charge >= 0.3 is 5.97 Å². The molecule has 3 aromatic rings. The number of carbonyl (C=O) groups is 1. The van der Waals surface area contributed by atoms with Gasteiger partial charge in [0.25, 0.3) is 0 Å². The van der Waals surface area contributed by atoms with Gasteiger partial charge in [-0.3, -0.25) is 0 Å². The monoisotopic (exact) mass is 361 g/mol. The van der Waals surface area contributed by atoms with Gasteiger partial charge in [-0.25, -0.2) is 4.79 Å². The van der Waals surface area contributed by atoms with Gasteiger partial charge in [0.1, 0.15) is 17.5 Å². The normalized spacial score (nSPS) is 11.8. The van der Waals surface area contributed by atoms with Crippen LogP contribution in [0, 0.1) is 0 Å². The van der Waals surface area contributed by atoms with Crippen LogP contribution in [0.5, 0.6) is 11.5 Å². The van der Waals surface area contributed by atoms with Crippen molar-refractivity contribution in [3.8, 4) is 11.5 Å². The van der Waals surface area contributed by atoms with Crippen molar-refractivity contribution < 1.29 is 14.3 Å². The van der Waals surface area contributed by atoms with Crippen LogP contribution < -0.4 is 15.2 Å². The van der Waals surface area contributed by atoms with Gasteiger partial charge < -0.3 is 15.2 Å². The molecule has 0 aromatic heterocycles. The van der Waals surface area contributed by atoms with E-state index >= 15 is 0 Å². The van der Waals surface area contributed by atoms with Crippen molar-refractivity contribution in [1.29, 1.82) is 0 Å². The van der Waals surface area contributed by atoms with E-state index in [9.17, 15) is 4.79 Å². The standard InChI is InChI=1S/C23H23NO3/c1-26-19-12-14-20(15-13-19)27-23(25)22(24)16-21(17-8-4-2-5-9-17)18-10-6-3-7-11-18/h2-15,21-22H,16,24H2,1H3. The summed E-state index contributed by atoms with van der Waals surface area (Å²) >= 11 is 0. The minimum atomic E-state index is -0.738. The lowest BCUT2D eigenvalue weighted by Gasteiger charge is -2.21. The van der Waals surface area contributed by atoms with Gasteiger partial charge in [-0.1, -0.05) is 60.7 Å². The Hall–Kier alpha value is -3.11. The Bertz CT molecular complexity index is 808. The molecule has 4 heteroatoms. The smallest absolute Gasteiger partial charge is 0.328 e. The Kier molecular flexibility index (Phi) is 6.23. The molecule has 0 saturated heterocycles. The number of carbonyl (C=O) groups excluding carboxylic acids is 1. The summed E-state index contributed by atoms with van der Waals surface area (Å²) in [6, 6.07) is 26.3. The third kappa shape index (κ3) is 4.96.